The second kappa shape index (κ2) is 8.68. The lowest BCUT2D eigenvalue weighted by molar-refractivity contribution is 0.0442. The molecule has 0 N–H and O–H groups in total. The van der Waals surface area contributed by atoms with Gasteiger partial charge >= 0.3 is 5.97 Å². The number of furan rings is 1. The van der Waals surface area contributed by atoms with Gasteiger partial charge in [-0.05, 0) is 37.4 Å². The van der Waals surface area contributed by atoms with E-state index >= 15 is 0 Å². The minimum atomic E-state index is -0.556. The van der Waals surface area contributed by atoms with Crippen LogP contribution in [0.25, 0.3) is 11.6 Å². The number of thioether (sulfide) groups is 1. The van der Waals surface area contributed by atoms with Crippen molar-refractivity contribution < 1.29 is 23.1 Å². The summed E-state index contributed by atoms with van der Waals surface area (Å²) in [6.07, 6.45) is 3.34. The van der Waals surface area contributed by atoms with E-state index in [4.69, 9.17) is 13.9 Å². The lowest BCUT2D eigenvalue weighted by Gasteiger charge is -2.11. The van der Waals surface area contributed by atoms with Crippen LogP contribution in [0.5, 0.6) is 5.75 Å². The van der Waals surface area contributed by atoms with Crippen molar-refractivity contribution in [2.75, 3.05) is 19.5 Å². The number of nitrogens with zero attached hydrogens (tertiary/aromatic N) is 2. The minimum absolute atomic E-state index is 0.0274. The number of hydrogen-bond acceptors (Lipinski definition) is 7. The summed E-state index contributed by atoms with van der Waals surface area (Å²) < 4.78 is 29.3. The van der Waals surface area contributed by atoms with E-state index in [1.54, 1.807) is 31.2 Å². The molecule has 3 aromatic rings. The molecule has 0 atom stereocenters. The van der Waals surface area contributed by atoms with Crippen molar-refractivity contribution in [3.8, 4) is 17.3 Å². The van der Waals surface area contributed by atoms with Crippen LogP contribution in [-0.4, -0.2) is 35.4 Å². The highest BCUT2D eigenvalue weighted by Gasteiger charge is 2.21. The molecular weight excluding hydrogens is 371 g/mol. The number of aryl methyl sites for hydroxylation is 1. The Balaban J connectivity index is 1.66. The Morgan fingerprint density at radius 2 is 2.00 bits per heavy atom. The third-order valence-corrected chi connectivity index (χ3v) is 4.29. The van der Waals surface area contributed by atoms with E-state index in [0.29, 0.717) is 27.9 Å². The summed E-state index contributed by atoms with van der Waals surface area (Å²) in [5.74, 6) is 0.0137. The largest absolute Gasteiger partial charge is 0.487 e. The maximum atomic E-state index is 13.5. The molecule has 140 valence electrons. The van der Waals surface area contributed by atoms with E-state index in [1.165, 1.54) is 30.2 Å². The molecular formula is C19H17FN2O4S. The molecule has 2 aromatic heterocycles. The summed E-state index contributed by atoms with van der Waals surface area (Å²) in [6, 6.07) is 9.53. The fraction of sp³-hybridized carbons (Fsp3) is 0.211. The molecule has 8 heteroatoms. The van der Waals surface area contributed by atoms with Gasteiger partial charge in [0.1, 0.15) is 23.8 Å². The first-order valence-electron chi connectivity index (χ1n) is 8.11. The Labute approximate surface area is 159 Å². The molecule has 0 fully saturated rings. The SMILES string of the molecule is CSc1nc(-c2ccco2)nc(C)c1C(=O)OCCOc1ccccc1F. The van der Waals surface area contributed by atoms with Crippen LogP contribution in [0.4, 0.5) is 4.39 Å². The Bertz CT molecular complexity index is 931. The molecule has 0 aliphatic rings. The van der Waals surface area contributed by atoms with Crippen LogP contribution in [0.1, 0.15) is 16.1 Å². The molecule has 0 spiro atoms. The van der Waals surface area contributed by atoms with Gasteiger partial charge in [-0.15, -0.1) is 11.8 Å². The Morgan fingerprint density at radius 1 is 1.19 bits per heavy atom. The number of ether oxygens (including phenoxy) is 2. The second-order valence-corrected chi connectivity index (χ2v) is 6.20. The summed E-state index contributed by atoms with van der Waals surface area (Å²) in [4.78, 5) is 21.2. The highest BCUT2D eigenvalue weighted by Crippen LogP contribution is 2.25. The predicted molar refractivity (Wildman–Crippen MR) is 98.4 cm³/mol. The molecule has 2 heterocycles. The van der Waals surface area contributed by atoms with E-state index in [2.05, 4.69) is 9.97 Å². The third kappa shape index (κ3) is 4.46. The van der Waals surface area contributed by atoms with Crippen molar-refractivity contribution in [3.63, 3.8) is 0 Å². The van der Waals surface area contributed by atoms with Gasteiger partial charge in [0, 0.05) is 0 Å². The highest BCUT2D eigenvalue weighted by molar-refractivity contribution is 7.98. The third-order valence-electron chi connectivity index (χ3n) is 3.61. The zero-order valence-corrected chi connectivity index (χ0v) is 15.6. The number of carbonyl (C=O) groups is 1. The number of esters is 1. The number of benzene rings is 1. The van der Waals surface area contributed by atoms with Crippen molar-refractivity contribution in [2.45, 2.75) is 11.9 Å². The van der Waals surface area contributed by atoms with Crippen LogP contribution >= 0.6 is 11.8 Å². The molecule has 0 amide bonds. The number of rotatable bonds is 7. The van der Waals surface area contributed by atoms with Gasteiger partial charge in [-0.3, -0.25) is 0 Å². The number of para-hydroxylation sites is 1. The smallest absolute Gasteiger partial charge is 0.342 e. The van der Waals surface area contributed by atoms with Gasteiger partial charge in [-0.1, -0.05) is 12.1 Å². The van der Waals surface area contributed by atoms with Gasteiger partial charge in [0.05, 0.1) is 12.0 Å². The van der Waals surface area contributed by atoms with E-state index in [-0.39, 0.29) is 19.0 Å². The average Bonchev–Trinajstić information content (AvgIpc) is 3.20. The first-order valence-corrected chi connectivity index (χ1v) is 9.33. The molecule has 3 rings (SSSR count). The number of aromatic nitrogens is 2. The normalized spacial score (nSPS) is 10.6. The molecule has 0 unspecified atom stereocenters. The first-order chi connectivity index (χ1) is 13.1. The standard InChI is InChI=1S/C19H17FN2O4S/c1-12-16(18(27-2)22-17(21-12)15-8-5-9-24-15)19(23)26-11-10-25-14-7-4-3-6-13(14)20/h3-9H,10-11H2,1-2H3. The van der Waals surface area contributed by atoms with Crippen LogP contribution < -0.4 is 4.74 Å². The number of halogens is 1. The van der Waals surface area contributed by atoms with Crippen molar-refractivity contribution in [3.05, 3.63) is 59.7 Å². The van der Waals surface area contributed by atoms with Gasteiger partial charge in [-0.2, -0.15) is 0 Å². The predicted octanol–water partition coefficient (Wildman–Crippen LogP) is 4.14. The molecule has 0 bridgehead atoms. The van der Waals surface area contributed by atoms with Crippen LogP contribution in [0, 0.1) is 12.7 Å². The second-order valence-electron chi connectivity index (χ2n) is 5.41. The summed E-state index contributed by atoms with van der Waals surface area (Å²) >= 11 is 1.31. The number of hydrogen-bond donors (Lipinski definition) is 0. The maximum absolute atomic E-state index is 13.5. The topological polar surface area (TPSA) is 74.5 Å². The molecule has 0 saturated heterocycles. The van der Waals surface area contributed by atoms with Crippen molar-refractivity contribution in [1.29, 1.82) is 0 Å². The van der Waals surface area contributed by atoms with Gasteiger partial charge in [0.25, 0.3) is 0 Å². The van der Waals surface area contributed by atoms with Gasteiger partial charge < -0.3 is 13.9 Å². The molecule has 0 saturated carbocycles. The average molecular weight is 388 g/mol. The molecule has 0 aliphatic carbocycles. The fourth-order valence-corrected chi connectivity index (χ4v) is 2.98. The van der Waals surface area contributed by atoms with Gasteiger partial charge in [-0.25, -0.2) is 19.2 Å². The zero-order valence-electron chi connectivity index (χ0n) is 14.8. The maximum Gasteiger partial charge on any atom is 0.342 e. The van der Waals surface area contributed by atoms with E-state index in [1.807, 2.05) is 6.26 Å². The Hall–Kier alpha value is -2.87. The van der Waals surface area contributed by atoms with Crippen molar-refractivity contribution >= 4 is 17.7 Å². The van der Waals surface area contributed by atoms with E-state index < -0.39 is 11.8 Å². The summed E-state index contributed by atoms with van der Waals surface area (Å²) in [5.41, 5.74) is 0.782. The fourth-order valence-electron chi connectivity index (χ4n) is 2.37. The summed E-state index contributed by atoms with van der Waals surface area (Å²) in [7, 11) is 0. The van der Waals surface area contributed by atoms with Gasteiger partial charge in [0.15, 0.2) is 23.2 Å². The molecule has 0 aliphatic heterocycles. The van der Waals surface area contributed by atoms with Crippen LogP contribution in [0.3, 0.4) is 0 Å². The first kappa shape index (κ1) is 18.9. The van der Waals surface area contributed by atoms with Crippen molar-refractivity contribution in [1.82, 2.24) is 9.97 Å². The summed E-state index contributed by atoms with van der Waals surface area (Å²) in [6.45, 7) is 1.71. The van der Waals surface area contributed by atoms with Crippen LogP contribution in [0.15, 0.2) is 52.1 Å². The monoisotopic (exact) mass is 388 g/mol. The molecule has 1 aromatic carbocycles. The van der Waals surface area contributed by atoms with Crippen molar-refractivity contribution in [2.24, 2.45) is 0 Å². The molecule has 27 heavy (non-hydrogen) atoms. The minimum Gasteiger partial charge on any atom is -0.487 e. The van der Waals surface area contributed by atoms with Crippen LogP contribution in [-0.2, 0) is 4.74 Å². The zero-order chi connectivity index (χ0) is 19.2. The molecule has 6 nitrogen and oxygen atoms in total. The number of carbonyl (C=O) groups excluding carboxylic acids is 1. The molecule has 0 radical (unpaired) electrons. The lowest BCUT2D eigenvalue weighted by atomic mass is 10.2. The highest BCUT2D eigenvalue weighted by atomic mass is 32.2. The quantitative estimate of drug-likeness (QED) is 0.261. The van der Waals surface area contributed by atoms with Crippen LogP contribution in [0.2, 0.25) is 0 Å². The Kier molecular flexibility index (Phi) is 6.08. The van der Waals surface area contributed by atoms with E-state index in [9.17, 15) is 9.18 Å². The summed E-state index contributed by atoms with van der Waals surface area (Å²) in [5, 5.41) is 0.494. The lowest BCUT2D eigenvalue weighted by Crippen LogP contribution is -2.16. The van der Waals surface area contributed by atoms with Gasteiger partial charge in [0.2, 0.25) is 0 Å². The van der Waals surface area contributed by atoms with E-state index in [0.717, 1.165) is 0 Å². The Morgan fingerprint density at radius 3 is 2.70 bits per heavy atom.